The van der Waals surface area contributed by atoms with E-state index in [4.69, 9.17) is 0 Å². The number of halogens is 2. The van der Waals surface area contributed by atoms with Crippen molar-refractivity contribution in [1.29, 1.82) is 0 Å². The second kappa shape index (κ2) is 18.1. The van der Waals surface area contributed by atoms with Crippen LogP contribution in [-0.2, 0) is 0 Å². The van der Waals surface area contributed by atoms with Crippen LogP contribution in [0, 0.1) is 34.5 Å². The second-order valence-electron chi connectivity index (χ2n) is 15.2. The molecule has 4 heteroatoms. The van der Waals surface area contributed by atoms with Crippen molar-refractivity contribution < 1.29 is 0 Å². The predicted molar refractivity (Wildman–Crippen MR) is 176 cm³/mol. The molecular weight excluding hydrogens is 507 g/mol. The zero-order valence-electron chi connectivity index (χ0n) is 27.5. The van der Waals surface area contributed by atoms with E-state index in [1.54, 1.807) is 0 Å². The molecule has 2 aliphatic rings. The van der Waals surface area contributed by atoms with Crippen LogP contribution >= 0.6 is 24.8 Å². The summed E-state index contributed by atoms with van der Waals surface area (Å²) in [5.41, 5.74) is 1.09. The summed E-state index contributed by atoms with van der Waals surface area (Å²) in [5.74, 6) is 3.66. The monoisotopic (exact) mass is 576 g/mol. The highest BCUT2D eigenvalue weighted by Gasteiger charge is 2.37. The van der Waals surface area contributed by atoms with Crippen LogP contribution in [0.1, 0.15) is 145 Å². The Morgan fingerprint density at radius 1 is 0.632 bits per heavy atom. The quantitative estimate of drug-likeness (QED) is 0.179. The van der Waals surface area contributed by atoms with Gasteiger partial charge in [-0.25, -0.2) is 0 Å². The molecule has 2 saturated carbocycles. The van der Waals surface area contributed by atoms with E-state index >= 15 is 0 Å². The zero-order chi connectivity index (χ0) is 26.9. The Hall–Kier alpha value is 0.500. The van der Waals surface area contributed by atoms with Gasteiger partial charge in [0.2, 0.25) is 0 Å². The van der Waals surface area contributed by atoms with Gasteiger partial charge < -0.3 is 9.80 Å². The highest BCUT2D eigenvalue weighted by Crippen LogP contribution is 2.47. The lowest BCUT2D eigenvalue weighted by Gasteiger charge is -2.44. The highest BCUT2D eigenvalue weighted by atomic mass is 35.5. The van der Waals surface area contributed by atoms with Gasteiger partial charge in [-0.05, 0) is 127 Å². The molecule has 2 fully saturated rings. The van der Waals surface area contributed by atoms with E-state index in [2.05, 4.69) is 79.3 Å². The van der Waals surface area contributed by atoms with Crippen LogP contribution in [0.5, 0.6) is 0 Å². The van der Waals surface area contributed by atoms with Gasteiger partial charge in [0.05, 0.1) is 0 Å². The molecule has 2 rings (SSSR count). The third kappa shape index (κ3) is 12.2. The lowest BCUT2D eigenvalue weighted by atomic mass is 9.62. The van der Waals surface area contributed by atoms with E-state index in [-0.39, 0.29) is 24.8 Å². The minimum absolute atomic E-state index is 0. The van der Waals surface area contributed by atoms with Gasteiger partial charge in [0, 0.05) is 12.1 Å². The SMILES string of the molecule is CC1CCCC(C)(C)C1CCC(C)N(C)CCCCCCN(C)C(C)CCC1C(C)CCCC1(C)C.Cl.Cl. The minimum Gasteiger partial charge on any atom is -0.304 e. The molecule has 2 aliphatic carbocycles. The van der Waals surface area contributed by atoms with E-state index in [1.807, 2.05) is 0 Å². The Labute approximate surface area is 253 Å². The number of unbranched alkanes of at least 4 members (excludes halogenated alkanes) is 3. The van der Waals surface area contributed by atoms with Gasteiger partial charge in [-0.1, -0.05) is 80.1 Å². The van der Waals surface area contributed by atoms with Crippen molar-refractivity contribution in [3.05, 3.63) is 0 Å². The molecule has 0 aromatic carbocycles. The molecule has 230 valence electrons. The Kier molecular flexibility index (Phi) is 18.4. The van der Waals surface area contributed by atoms with Crippen molar-refractivity contribution in [3.63, 3.8) is 0 Å². The largest absolute Gasteiger partial charge is 0.304 e. The van der Waals surface area contributed by atoms with Crippen molar-refractivity contribution in [2.75, 3.05) is 27.2 Å². The maximum Gasteiger partial charge on any atom is 0.00639 e. The van der Waals surface area contributed by atoms with Gasteiger partial charge in [0.1, 0.15) is 0 Å². The molecular formula is C34H70Cl2N2. The second-order valence-corrected chi connectivity index (χ2v) is 15.2. The van der Waals surface area contributed by atoms with Gasteiger partial charge >= 0.3 is 0 Å². The smallest absolute Gasteiger partial charge is 0.00639 e. The maximum atomic E-state index is 2.64. The predicted octanol–water partition coefficient (Wildman–Crippen LogP) is 10.5. The van der Waals surface area contributed by atoms with Gasteiger partial charge in [-0.15, -0.1) is 24.8 Å². The lowest BCUT2D eigenvalue weighted by Crippen LogP contribution is -2.36. The van der Waals surface area contributed by atoms with Crippen molar-refractivity contribution in [2.45, 2.75) is 157 Å². The molecule has 6 unspecified atom stereocenters. The van der Waals surface area contributed by atoms with Gasteiger partial charge in [-0.2, -0.15) is 0 Å². The van der Waals surface area contributed by atoms with Gasteiger partial charge in [-0.3, -0.25) is 0 Å². The van der Waals surface area contributed by atoms with Crippen LogP contribution < -0.4 is 0 Å². The number of nitrogens with zero attached hydrogens (tertiary/aromatic N) is 2. The molecule has 0 saturated heterocycles. The van der Waals surface area contributed by atoms with E-state index in [9.17, 15) is 0 Å². The fraction of sp³-hybridized carbons (Fsp3) is 1.00. The van der Waals surface area contributed by atoms with Crippen LogP contribution in [-0.4, -0.2) is 49.1 Å². The summed E-state index contributed by atoms with van der Waals surface area (Å²) >= 11 is 0. The summed E-state index contributed by atoms with van der Waals surface area (Å²) in [6.07, 6.45) is 19.7. The average Bonchev–Trinajstić information content (AvgIpc) is 2.79. The first-order chi connectivity index (χ1) is 16.8. The average molecular weight is 578 g/mol. The molecule has 0 radical (unpaired) electrons. The molecule has 0 N–H and O–H groups in total. The zero-order valence-corrected chi connectivity index (χ0v) is 29.1. The van der Waals surface area contributed by atoms with Crippen LogP contribution in [0.4, 0.5) is 0 Å². The Balaban J connectivity index is 0.00000684. The van der Waals surface area contributed by atoms with E-state index in [0.29, 0.717) is 10.8 Å². The maximum absolute atomic E-state index is 2.64. The summed E-state index contributed by atoms with van der Waals surface area (Å²) < 4.78 is 0. The first-order valence-electron chi connectivity index (χ1n) is 16.3. The van der Waals surface area contributed by atoms with Crippen molar-refractivity contribution in [1.82, 2.24) is 9.80 Å². The standard InChI is InChI=1S/C34H68N2.2ClH/c1-27-17-15-23-33(5,6)31(27)21-19-29(3)35(9)25-13-11-12-14-26-36(10)30(4)20-22-32-28(2)18-16-24-34(32,7)8;;/h27-32H,11-26H2,1-10H3;2*1H. The van der Waals surface area contributed by atoms with E-state index in [1.165, 1.54) is 103 Å². The molecule has 38 heavy (non-hydrogen) atoms. The summed E-state index contributed by atoms with van der Waals surface area (Å²) in [6.45, 7) is 22.6. The molecule has 0 bridgehead atoms. The summed E-state index contributed by atoms with van der Waals surface area (Å²) in [6, 6.07) is 1.44. The fourth-order valence-corrected chi connectivity index (χ4v) is 8.22. The Morgan fingerprint density at radius 3 is 1.29 bits per heavy atom. The normalized spacial score (nSPS) is 28.4. The number of hydrogen-bond acceptors (Lipinski definition) is 2. The van der Waals surface area contributed by atoms with Crippen LogP contribution in [0.25, 0.3) is 0 Å². The van der Waals surface area contributed by atoms with Crippen LogP contribution in [0.3, 0.4) is 0 Å². The Bertz CT molecular complexity index is 555. The lowest BCUT2D eigenvalue weighted by molar-refractivity contribution is 0.0669. The highest BCUT2D eigenvalue weighted by molar-refractivity contribution is 5.85. The summed E-state index contributed by atoms with van der Waals surface area (Å²) in [4.78, 5) is 5.28. The van der Waals surface area contributed by atoms with Crippen molar-refractivity contribution >= 4 is 24.8 Å². The molecule has 0 amide bonds. The fourth-order valence-electron chi connectivity index (χ4n) is 8.22. The number of hydrogen-bond donors (Lipinski definition) is 0. The summed E-state index contributed by atoms with van der Waals surface area (Å²) in [7, 11) is 4.73. The van der Waals surface area contributed by atoms with E-state index < -0.39 is 0 Å². The van der Waals surface area contributed by atoms with Gasteiger partial charge in [0.25, 0.3) is 0 Å². The molecule has 0 heterocycles. The Morgan fingerprint density at radius 2 is 0.974 bits per heavy atom. The van der Waals surface area contributed by atoms with Crippen molar-refractivity contribution in [2.24, 2.45) is 34.5 Å². The topological polar surface area (TPSA) is 6.48 Å². The molecule has 0 spiro atoms. The molecule has 0 aromatic heterocycles. The first kappa shape index (κ1) is 38.5. The minimum atomic E-state index is 0. The van der Waals surface area contributed by atoms with Crippen molar-refractivity contribution in [3.8, 4) is 0 Å². The molecule has 2 nitrogen and oxygen atoms in total. The third-order valence-corrected chi connectivity index (χ3v) is 11.4. The first-order valence-corrected chi connectivity index (χ1v) is 16.3. The molecule has 0 aromatic rings. The van der Waals surface area contributed by atoms with Crippen LogP contribution in [0.2, 0.25) is 0 Å². The summed E-state index contributed by atoms with van der Waals surface area (Å²) in [5, 5.41) is 0. The van der Waals surface area contributed by atoms with Gasteiger partial charge in [0.15, 0.2) is 0 Å². The molecule has 0 aliphatic heterocycles. The third-order valence-electron chi connectivity index (χ3n) is 11.4. The van der Waals surface area contributed by atoms with Crippen LogP contribution in [0.15, 0.2) is 0 Å². The number of rotatable bonds is 15. The molecule has 6 atom stereocenters. The van der Waals surface area contributed by atoms with E-state index in [0.717, 1.165) is 35.8 Å².